The van der Waals surface area contributed by atoms with Gasteiger partial charge in [-0.1, -0.05) is 34.6 Å². The summed E-state index contributed by atoms with van der Waals surface area (Å²) in [6.45, 7) is 9.98. The highest BCUT2D eigenvalue weighted by Gasteiger charge is 2.31. The minimum absolute atomic E-state index is 0.242. The van der Waals surface area contributed by atoms with E-state index in [0.717, 1.165) is 12.8 Å². The normalized spacial score (nSPS) is 14.4. The van der Waals surface area contributed by atoms with Crippen LogP contribution >= 0.6 is 0 Å². The second kappa shape index (κ2) is 5.35. The minimum atomic E-state index is -0.760. The predicted molar refractivity (Wildman–Crippen MR) is 58.4 cm³/mol. The highest BCUT2D eigenvalue weighted by atomic mass is 16.4. The molecule has 0 bridgehead atoms. The van der Waals surface area contributed by atoms with Crippen LogP contribution in [0.5, 0.6) is 0 Å². The first-order valence-electron chi connectivity index (χ1n) is 5.31. The molecule has 0 aliphatic carbocycles. The smallest absolute Gasteiger partial charge is 0.321 e. The lowest BCUT2D eigenvalue weighted by Crippen LogP contribution is -2.50. The van der Waals surface area contributed by atoms with Gasteiger partial charge >= 0.3 is 5.97 Å². The van der Waals surface area contributed by atoms with Crippen LogP contribution in [0.15, 0.2) is 0 Å². The van der Waals surface area contributed by atoms with Gasteiger partial charge in [0.1, 0.15) is 6.04 Å². The summed E-state index contributed by atoms with van der Waals surface area (Å²) in [6.07, 6.45) is 1.94. The third-order valence-corrected chi connectivity index (χ3v) is 2.50. The van der Waals surface area contributed by atoms with E-state index in [-0.39, 0.29) is 5.41 Å². The van der Waals surface area contributed by atoms with E-state index in [1.807, 2.05) is 20.8 Å². The van der Waals surface area contributed by atoms with E-state index in [1.54, 1.807) is 0 Å². The molecule has 14 heavy (non-hydrogen) atoms. The zero-order valence-corrected chi connectivity index (χ0v) is 9.92. The lowest BCUT2D eigenvalue weighted by atomic mass is 9.86. The third-order valence-electron chi connectivity index (χ3n) is 2.50. The lowest BCUT2D eigenvalue weighted by Gasteiger charge is -2.31. The van der Waals surface area contributed by atoms with Crippen LogP contribution in [0, 0.1) is 5.41 Å². The topological polar surface area (TPSA) is 49.3 Å². The van der Waals surface area contributed by atoms with Gasteiger partial charge in [0.25, 0.3) is 0 Å². The van der Waals surface area contributed by atoms with Crippen molar-refractivity contribution in [1.29, 1.82) is 0 Å². The van der Waals surface area contributed by atoms with Crippen molar-refractivity contribution in [2.45, 2.75) is 59.5 Å². The Labute approximate surface area is 86.9 Å². The molecule has 0 amide bonds. The number of aliphatic carboxylic acids is 1. The molecule has 0 saturated heterocycles. The van der Waals surface area contributed by atoms with Gasteiger partial charge in [0.05, 0.1) is 0 Å². The molecule has 0 fully saturated rings. The fraction of sp³-hybridized carbons (Fsp3) is 0.909. The summed E-state index contributed by atoms with van der Waals surface area (Å²) in [7, 11) is 0. The Bertz CT molecular complexity index is 180. The molecule has 0 saturated carbocycles. The quantitative estimate of drug-likeness (QED) is 0.717. The molecule has 1 atom stereocenters. The molecule has 0 aliphatic heterocycles. The molecule has 3 nitrogen and oxygen atoms in total. The zero-order valence-electron chi connectivity index (χ0n) is 9.92. The van der Waals surface area contributed by atoms with Crippen molar-refractivity contribution in [1.82, 2.24) is 5.32 Å². The van der Waals surface area contributed by atoms with Gasteiger partial charge in [0, 0.05) is 6.04 Å². The van der Waals surface area contributed by atoms with Crippen LogP contribution in [-0.2, 0) is 4.79 Å². The van der Waals surface area contributed by atoms with Gasteiger partial charge in [-0.3, -0.25) is 4.79 Å². The standard InChI is InChI=1S/C11H23NO2/c1-6-8(7-2)12-9(10(13)14)11(3,4)5/h8-9,12H,6-7H2,1-5H3,(H,13,14). The summed E-state index contributed by atoms with van der Waals surface area (Å²) in [5, 5.41) is 12.3. The molecule has 0 aromatic carbocycles. The summed E-state index contributed by atoms with van der Waals surface area (Å²) in [5.41, 5.74) is -0.242. The van der Waals surface area contributed by atoms with Crippen molar-refractivity contribution in [2.24, 2.45) is 5.41 Å². The van der Waals surface area contributed by atoms with Crippen LogP contribution in [0.4, 0.5) is 0 Å². The Morgan fingerprint density at radius 1 is 1.29 bits per heavy atom. The van der Waals surface area contributed by atoms with Crippen molar-refractivity contribution in [3.63, 3.8) is 0 Å². The van der Waals surface area contributed by atoms with Crippen molar-refractivity contribution in [2.75, 3.05) is 0 Å². The van der Waals surface area contributed by atoms with Crippen LogP contribution in [-0.4, -0.2) is 23.2 Å². The van der Waals surface area contributed by atoms with E-state index in [2.05, 4.69) is 19.2 Å². The van der Waals surface area contributed by atoms with E-state index in [4.69, 9.17) is 5.11 Å². The fourth-order valence-electron chi connectivity index (χ4n) is 1.45. The number of carboxylic acids is 1. The molecule has 84 valence electrons. The van der Waals surface area contributed by atoms with Gasteiger partial charge in [0.2, 0.25) is 0 Å². The molecule has 0 radical (unpaired) electrons. The molecule has 0 aliphatic rings. The highest BCUT2D eigenvalue weighted by Crippen LogP contribution is 2.20. The Morgan fingerprint density at radius 3 is 1.93 bits per heavy atom. The Kier molecular flexibility index (Phi) is 5.13. The van der Waals surface area contributed by atoms with E-state index >= 15 is 0 Å². The minimum Gasteiger partial charge on any atom is -0.480 e. The van der Waals surface area contributed by atoms with E-state index in [0.29, 0.717) is 6.04 Å². The van der Waals surface area contributed by atoms with Gasteiger partial charge in [-0.05, 0) is 18.3 Å². The summed E-state index contributed by atoms with van der Waals surface area (Å²) in [5.74, 6) is -0.760. The third kappa shape index (κ3) is 4.09. The molecule has 0 rings (SSSR count). The Balaban J connectivity index is 4.45. The van der Waals surface area contributed by atoms with E-state index in [9.17, 15) is 4.79 Å². The average Bonchev–Trinajstić information content (AvgIpc) is 2.03. The number of rotatable bonds is 5. The maximum atomic E-state index is 11.1. The maximum Gasteiger partial charge on any atom is 0.321 e. The SMILES string of the molecule is CCC(CC)NC(C(=O)O)C(C)(C)C. The second-order valence-electron chi connectivity index (χ2n) is 4.82. The van der Waals surface area contributed by atoms with Crippen LogP contribution < -0.4 is 5.32 Å². The molecule has 0 spiro atoms. The largest absolute Gasteiger partial charge is 0.480 e. The number of carbonyl (C=O) groups is 1. The van der Waals surface area contributed by atoms with Crippen molar-refractivity contribution < 1.29 is 9.90 Å². The first-order valence-corrected chi connectivity index (χ1v) is 5.31. The molecule has 0 heterocycles. The lowest BCUT2D eigenvalue weighted by molar-refractivity contribution is -0.142. The van der Waals surface area contributed by atoms with Crippen LogP contribution in [0.25, 0.3) is 0 Å². The number of hydrogen-bond acceptors (Lipinski definition) is 2. The average molecular weight is 201 g/mol. The van der Waals surface area contributed by atoms with Gasteiger partial charge in [0.15, 0.2) is 0 Å². The molecule has 2 N–H and O–H groups in total. The Morgan fingerprint density at radius 2 is 1.71 bits per heavy atom. The predicted octanol–water partition coefficient (Wildman–Crippen LogP) is 2.26. The molecule has 3 heteroatoms. The number of hydrogen-bond donors (Lipinski definition) is 2. The highest BCUT2D eigenvalue weighted by molar-refractivity contribution is 5.74. The maximum absolute atomic E-state index is 11.1. The zero-order chi connectivity index (χ0) is 11.4. The van der Waals surface area contributed by atoms with Crippen molar-refractivity contribution in [3.8, 4) is 0 Å². The van der Waals surface area contributed by atoms with Gasteiger partial charge < -0.3 is 10.4 Å². The molecule has 1 unspecified atom stereocenters. The van der Waals surface area contributed by atoms with E-state index < -0.39 is 12.0 Å². The first kappa shape index (κ1) is 13.4. The summed E-state index contributed by atoms with van der Waals surface area (Å²) in [6, 6.07) is -0.164. The van der Waals surface area contributed by atoms with Crippen LogP contribution in [0.3, 0.4) is 0 Å². The van der Waals surface area contributed by atoms with E-state index in [1.165, 1.54) is 0 Å². The molecular weight excluding hydrogens is 178 g/mol. The van der Waals surface area contributed by atoms with Gasteiger partial charge in [-0.15, -0.1) is 0 Å². The summed E-state index contributed by atoms with van der Waals surface area (Å²) >= 11 is 0. The monoisotopic (exact) mass is 201 g/mol. The molecule has 0 aromatic heterocycles. The van der Waals surface area contributed by atoms with Crippen LogP contribution in [0.2, 0.25) is 0 Å². The van der Waals surface area contributed by atoms with Crippen molar-refractivity contribution in [3.05, 3.63) is 0 Å². The summed E-state index contributed by atoms with van der Waals surface area (Å²) in [4.78, 5) is 11.1. The fourth-order valence-corrected chi connectivity index (χ4v) is 1.45. The number of nitrogens with one attached hydrogen (secondary N) is 1. The number of carboxylic acid groups (broad SMARTS) is 1. The van der Waals surface area contributed by atoms with Crippen LogP contribution in [0.1, 0.15) is 47.5 Å². The van der Waals surface area contributed by atoms with Gasteiger partial charge in [-0.2, -0.15) is 0 Å². The molecule has 0 aromatic rings. The molecular formula is C11H23NO2. The first-order chi connectivity index (χ1) is 6.32. The van der Waals surface area contributed by atoms with Gasteiger partial charge in [-0.25, -0.2) is 0 Å². The summed E-state index contributed by atoms with van der Waals surface area (Å²) < 4.78 is 0. The second-order valence-corrected chi connectivity index (χ2v) is 4.82. The Hall–Kier alpha value is -0.570. The van der Waals surface area contributed by atoms with Crippen molar-refractivity contribution >= 4 is 5.97 Å².